The van der Waals surface area contributed by atoms with E-state index >= 15 is 0 Å². The van der Waals surface area contributed by atoms with Crippen molar-refractivity contribution in [3.63, 3.8) is 0 Å². The highest BCUT2D eigenvalue weighted by atomic mass is 16.5. The van der Waals surface area contributed by atoms with Gasteiger partial charge in [0.25, 0.3) is 0 Å². The first-order chi connectivity index (χ1) is 14.6. The maximum Gasteiger partial charge on any atom is 0.305 e. The Hall–Kier alpha value is -2.56. The standard InChI is InChI=1S/C20H23NO2.C5H10O2/c1-14-9-10-16-13-15(11-12-19(16)22-14)18-7-4-8-20(21-18)23-17-5-2-3-6-17;1-3-5(6)7-4-2/h4,7-8,11-14,17H,2-3,5-6,9-10H2,1H3;3-4H2,1-2H3. The molecule has 1 aliphatic carbocycles. The zero-order chi connectivity index (χ0) is 21.3. The van der Waals surface area contributed by atoms with Gasteiger partial charge in [-0.25, -0.2) is 4.98 Å². The smallest absolute Gasteiger partial charge is 0.305 e. The molecular formula is C25H33NO4. The molecule has 5 nitrogen and oxygen atoms in total. The highest BCUT2D eigenvalue weighted by molar-refractivity contribution is 5.68. The largest absolute Gasteiger partial charge is 0.490 e. The number of aryl methyl sites for hydroxylation is 1. The molecule has 1 aromatic heterocycles. The minimum absolute atomic E-state index is 0.123. The molecule has 1 aromatic carbocycles. The minimum atomic E-state index is -0.123. The molecule has 2 heterocycles. The molecule has 2 aliphatic rings. The van der Waals surface area contributed by atoms with Crippen LogP contribution in [0.3, 0.4) is 0 Å². The van der Waals surface area contributed by atoms with Crippen molar-refractivity contribution in [3.05, 3.63) is 42.0 Å². The van der Waals surface area contributed by atoms with Crippen LogP contribution in [0, 0.1) is 0 Å². The van der Waals surface area contributed by atoms with Gasteiger partial charge in [-0.3, -0.25) is 4.79 Å². The summed E-state index contributed by atoms with van der Waals surface area (Å²) < 4.78 is 16.5. The highest BCUT2D eigenvalue weighted by Gasteiger charge is 2.18. The Morgan fingerprint density at radius 3 is 2.63 bits per heavy atom. The topological polar surface area (TPSA) is 57.6 Å². The van der Waals surface area contributed by atoms with Crippen molar-refractivity contribution in [2.45, 2.75) is 77.9 Å². The molecule has 0 spiro atoms. The van der Waals surface area contributed by atoms with Crippen LogP contribution >= 0.6 is 0 Å². The normalized spacial score (nSPS) is 17.9. The van der Waals surface area contributed by atoms with Gasteiger partial charge in [0, 0.05) is 18.1 Å². The van der Waals surface area contributed by atoms with E-state index in [-0.39, 0.29) is 5.97 Å². The van der Waals surface area contributed by atoms with Gasteiger partial charge in [0.1, 0.15) is 11.9 Å². The second-order valence-corrected chi connectivity index (χ2v) is 7.83. The van der Waals surface area contributed by atoms with Crippen LogP contribution in [0.4, 0.5) is 0 Å². The zero-order valence-electron chi connectivity index (χ0n) is 18.4. The number of benzene rings is 1. The molecule has 30 heavy (non-hydrogen) atoms. The lowest BCUT2D eigenvalue weighted by molar-refractivity contribution is -0.142. The number of fused-ring (bicyclic) bond motifs is 1. The second kappa shape index (κ2) is 11.0. The molecule has 0 saturated heterocycles. The van der Waals surface area contributed by atoms with E-state index in [1.54, 1.807) is 13.8 Å². The molecule has 1 saturated carbocycles. The minimum Gasteiger partial charge on any atom is -0.490 e. The van der Waals surface area contributed by atoms with Gasteiger partial charge in [0.05, 0.1) is 18.4 Å². The molecule has 0 amide bonds. The van der Waals surface area contributed by atoms with E-state index in [9.17, 15) is 4.79 Å². The van der Waals surface area contributed by atoms with E-state index in [2.05, 4.69) is 35.9 Å². The Labute approximate surface area is 179 Å². The summed E-state index contributed by atoms with van der Waals surface area (Å²) in [6.07, 6.45) is 8.14. The lowest BCUT2D eigenvalue weighted by atomic mass is 9.99. The van der Waals surface area contributed by atoms with Crippen molar-refractivity contribution in [2.24, 2.45) is 0 Å². The summed E-state index contributed by atoms with van der Waals surface area (Å²) in [7, 11) is 0. The molecule has 5 heteroatoms. The van der Waals surface area contributed by atoms with E-state index in [1.807, 2.05) is 12.1 Å². The van der Waals surface area contributed by atoms with Crippen LogP contribution in [0.15, 0.2) is 36.4 Å². The van der Waals surface area contributed by atoms with Crippen molar-refractivity contribution in [3.8, 4) is 22.9 Å². The molecule has 0 N–H and O–H groups in total. The number of pyridine rings is 1. The third-order valence-electron chi connectivity index (χ3n) is 5.41. The number of nitrogens with zero attached hydrogens (tertiary/aromatic N) is 1. The van der Waals surface area contributed by atoms with E-state index in [1.165, 1.54) is 18.4 Å². The van der Waals surface area contributed by atoms with Crippen LogP contribution in [0.1, 0.15) is 64.9 Å². The Bertz CT molecular complexity index is 830. The fourth-order valence-corrected chi connectivity index (χ4v) is 3.76. The van der Waals surface area contributed by atoms with Crippen LogP contribution < -0.4 is 9.47 Å². The first kappa shape index (κ1) is 22.1. The van der Waals surface area contributed by atoms with Gasteiger partial charge in [-0.05, 0) is 82.2 Å². The molecule has 1 atom stereocenters. The van der Waals surface area contributed by atoms with Gasteiger partial charge < -0.3 is 14.2 Å². The number of esters is 1. The Kier molecular flexibility index (Phi) is 8.12. The first-order valence-corrected chi connectivity index (χ1v) is 11.2. The molecule has 2 aromatic rings. The number of aromatic nitrogens is 1. The maximum absolute atomic E-state index is 10.2. The molecule has 162 valence electrons. The Balaban J connectivity index is 0.000000318. The number of hydrogen-bond acceptors (Lipinski definition) is 5. The summed E-state index contributed by atoms with van der Waals surface area (Å²) in [5.41, 5.74) is 3.39. The van der Waals surface area contributed by atoms with Gasteiger partial charge in [-0.1, -0.05) is 13.0 Å². The van der Waals surface area contributed by atoms with Crippen molar-refractivity contribution < 1.29 is 19.0 Å². The maximum atomic E-state index is 10.2. The number of ether oxygens (including phenoxy) is 3. The van der Waals surface area contributed by atoms with Gasteiger partial charge >= 0.3 is 5.97 Å². The average Bonchev–Trinajstić information content (AvgIpc) is 3.27. The zero-order valence-corrected chi connectivity index (χ0v) is 18.4. The van der Waals surface area contributed by atoms with Crippen LogP contribution in [0.5, 0.6) is 11.6 Å². The highest BCUT2D eigenvalue weighted by Crippen LogP contribution is 2.32. The summed E-state index contributed by atoms with van der Waals surface area (Å²) in [5, 5.41) is 0. The van der Waals surface area contributed by atoms with Crippen molar-refractivity contribution >= 4 is 5.97 Å². The van der Waals surface area contributed by atoms with Gasteiger partial charge in [0.15, 0.2) is 0 Å². The predicted molar refractivity (Wildman–Crippen MR) is 118 cm³/mol. The van der Waals surface area contributed by atoms with Crippen molar-refractivity contribution in [1.29, 1.82) is 0 Å². The fourth-order valence-electron chi connectivity index (χ4n) is 3.76. The summed E-state index contributed by atoms with van der Waals surface area (Å²) in [6, 6.07) is 12.4. The van der Waals surface area contributed by atoms with Gasteiger partial charge in [-0.2, -0.15) is 0 Å². The fraction of sp³-hybridized carbons (Fsp3) is 0.520. The Morgan fingerprint density at radius 2 is 1.93 bits per heavy atom. The monoisotopic (exact) mass is 411 g/mol. The van der Waals surface area contributed by atoms with Gasteiger partial charge in [0.2, 0.25) is 5.88 Å². The van der Waals surface area contributed by atoms with E-state index < -0.39 is 0 Å². The summed E-state index contributed by atoms with van der Waals surface area (Å²) in [6.45, 7) is 6.19. The van der Waals surface area contributed by atoms with E-state index in [0.717, 1.165) is 48.6 Å². The number of rotatable bonds is 5. The molecule has 1 fully saturated rings. The van der Waals surface area contributed by atoms with Crippen LogP contribution in [0.25, 0.3) is 11.3 Å². The second-order valence-electron chi connectivity index (χ2n) is 7.83. The third-order valence-corrected chi connectivity index (χ3v) is 5.41. The molecule has 4 rings (SSSR count). The van der Waals surface area contributed by atoms with Crippen LogP contribution in [-0.2, 0) is 16.0 Å². The molecule has 1 aliphatic heterocycles. The predicted octanol–water partition coefficient (Wildman–Crippen LogP) is 5.74. The summed E-state index contributed by atoms with van der Waals surface area (Å²) in [4.78, 5) is 14.9. The average molecular weight is 412 g/mol. The SMILES string of the molecule is CC1CCc2cc(-c3cccc(OC4CCCC4)n3)ccc2O1.CCOC(=O)CC. The van der Waals surface area contributed by atoms with Gasteiger partial charge in [-0.15, -0.1) is 0 Å². The lowest BCUT2D eigenvalue weighted by Crippen LogP contribution is -2.18. The number of carbonyl (C=O) groups excluding carboxylic acids is 1. The molecule has 0 bridgehead atoms. The van der Waals surface area contributed by atoms with Crippen LogP contribution in [-0.4, -0.2) is 29.8 Å². The van der Waals surface area contributed by atoms with E-state index in [4.69, 9.17) is 14.5 Å². The Morgan fingerprint density at radius 1 is 1.13 bits per heavy atom. The number of carbonyl (C=O) groups is 1. The number of hydrogen-bond donors (Lipinski definition) is 0. The summed E-state index contributed by atoms with van der Waals surface area (Å²) >= 11 is 0. The molecule has 1 unspecified atom stereocenters. The van der Waals surface area contributed by atoms with Crippen molar-refractivity contribution in [2.75, 3.05) is 6.61 Å². The lowest BCUT2D eigenvalue weighted by Gasteiger charge is -2.23. The quantitative estimate of drug-likeness (QED) is 0.587. The summed E-state index contributed by atoms with van der Waals surface area (Å²) in [5.74, 6) is 1.64. The molecule has 0 radical (unpaired) electrons. The third kappa shape index (κ3) is 6.22. The van der Waals surface area contributed by atoms with Crippen molar-refractivity contribution in [1.82, 2.24) is 4.98 Å². The first-order valence-electron chi connectivity index (χ1n) is 11.2. The van der Waals surface area contributed by atoms with Crippen LogP contribution in [0.2, 0.25) is 0 Å². The van der Waals surface area contributed by atoms with E-state index in [0.29, 0.717) is 25.2 Å². The molecular weight excluding hydrogens is 378 g/mol.